The summed E-state index contributed by atoms with van der Waals surface area (Å²) in [6, 6.07) is -0.499. The largest absolute Gasteiger partial charge is 0.449 e. The molecule has 1 rings (SSSR count). The highest BCUT2D eigenvalue weighted by Crippen LogP contribution is 1.99. The number of hydrogen-bond acceptors (Lipinski definition) is 3. The van der Waals surface area contributed by atoms with E-state index in [4.69, 9.17) is 0 Å². The minimum absolute atomic E-state index is 0.0102. The third-order valence-corrected chi connectivity index (χ3v) is 1.05. The van der Waals surface area contributed by atoms with Crippen LogP contribution in [0.2, 0.25) is 0 Å². The molecule has 0 saturated carbocycles. The van der Waals surface area contributed by atoms with Crippen molar-refractivity contribution in [3.05, 3.63) is 12.7 Å². The molecule has 1 heterocycles. The van der Waals surface area contributed by atoms with Crippen molar-refractivity contribution in [2.24, 2.45) is 0 Å². The van der Waals surface area contributed by atoms with Crippen molar-refractivity contribution in [3.63, 3.8) is 0 Å². The van der Waals surface area contributed by atoms with Gasteiger partial charge in [0.15, 0.2) is 12.2 Å². The first-order chi connectivity index (χ1) is 5.83. The molecule has 0 aliphatic heterocycles. The number of halogens is 1. The van der Waals surface area contributed by atoms with Crippen LogP contribution >= 0.6 is 0 Å². The molecule has 5 nitrogen and oxygen atoms in total. The Morgan fingerprint density at radius 1 is 1.75 bits per heavy atom. The van der Waals surface area contributed by atoms with Gasteiger partial charge < -0.3 is 9.73 Å². The fraction of sp³-hybridized carbons (Fsp3) is 0.333. The van der Waals surface area contributed by atoms with Gasteiger partial charge in [-0.15, -0.1) is 0 Å². The van der Waals surface area contributed by atoms with E-state index in [0.717, 1.165) is 0 Å². The van der Waals surface area contributed by atoms with Gasteiger partial charge >= 0.3 is 6.03 Å². The number of alkyl halides is 1. The molecule has 0 fully saturated rings. The molecule has 0 radical (unpaired) electrons. The van der Waals surface area contributed by atoms with Crippen molar-refractivity contribution in [2.45, 2.75) is 0 Å². The van der Waals surface area contributed by atoms with E-state index in [1.165, 1.54) is 12.7 Å². The second-order valence-electron chi connectivity index (χ2n) is 1.94. The maximum atomic E-state index is 11.6. The Bertz CT molecular complexity index is 237. The Morgan fingerprint density at radius 2 is 2.58 bits per heavy atom. The molecule has 0 aliphatic rings. The molecular weight excluding hydrogens is 165 g/mol. The number of hydrogen-bond donors (Lipinski definition) is 2. The number of urea groups is 1. The molecule has 0 aliphatic carbocycles. The fourth-order valence-electron chi connectivity index (χ4n) is 0.596. The summed E-state index contributed by atoms with van der Waals surface area (Å²) < 4.78 is 16.1. The van der Waals surface area contributed by atoms with E-state index < -0.39 is 12.7 Å². The van der Waals surface area contributed by atoms with E-state index in [9.17, 15) is 9.18 Å². The van der Waals surface area contributed by atoms with Gasteiger partial charge in [-0.1, -0.05) is 0 Å². The molecule has 6 heteroatoms. The quantitative estimate of drug-likeness (QED) is 0.709. The highest BCUT2D eigenvalue weighted by Gasteiger charge is 2.01. The van der Waals surface area contributed by atoms with Crippen molar-refractivity contribution in [1.29, 1.82) is 0 Å². The maximum absolute atomic E-state index is 11.6. The first-order valence-electron chi connectivity index (χ1n) is 3.32. The number of carbonyl (C=O) groups excluding carboxylic acids is 1. The summed E-state index contributed by atoms with van der Waals surface area (Å²) in [4.78, 5) is 14.4. The van der Waals surface area contributed by atoms with Gasteiger partial charge in [0.05, 0.1) is 0 Å². The third-order valence-electron chi connectivity index (χ3n) is 1.05. The molecule has 2 N–H and O–H groups in total. The molecule has 66 valence electrons. The lowest BCUT2D eigenvalue weighted by molar-refractivity contribution is 0.251. The molecule has 1 aromatic heterocycles. The third kappa shape index (κ3) is 2.57. The van der Waals surface area contributed by atoms with Gasteiger partial charge in [0.2, 0.25) is 0 Å². The lowest BCUT2D eigenvalue weighted by atomic mass is 10.7. The van der Waals surface area contributed by atoms with Crippen LogP contribution in [0.4, 0.5) is 15.0 Å². The van der Waals surface area contributed by atoms with Crippen LogP contribution in [0.1, 0.15) is 0 Å². The number of amides is 2. The van der Waals surface area contributed by atoms with E-state index in [2.05, 4.69) is 20.0 Å². The van der Waals surface area contributed by atoms with Crippen LogP contribution in [0, 0.1) is 0 Å². The van der Waals surface area contributed by atoms with Gasteiger partial charge in [-0.3, -0.25) is 5.32 Å². The summed E-state index contributed by atoms with van der Waals surface area (Å²) in [6.45, 7) is -0.601. The van der Waals surface area contributed by atoms with Gasteiger partial charge in [0.1, 0.15) is 12.9 Å². The molecule has 12 heavy (non-hydrogen) atoms. The van der Waals surface area contributed by atoms with Gasteiger partial charge in [0, 0.05) is 6.54 Å². The first-order valence-corrected chi connectivity index (χ1v) is 3.32. The zero-order chi connectivity index (χ0) is 8.81. The number of nitrogens with one attached hydrogen (secondary N) is 2. The second-order valence-corrected chi connectivity index (χ2v) is 1.94. The van der Waals surface area contributed by atoms with Gasteiger partial charge in [-0.2, -0.15) is 4.98 Å². The molecule has 0 spiro atoms. The second kappa shape index (κ2) is 4.32. The van der Waals surface area contributed by atoms with Gasteiger partial charge in [0.25, 0.3) is 0 Å². The monoisotopic (exact) mass is 173 g/mol. The Morgan fingerprint density at radius 3 is 3.17 bits per heavy atom. The molecule has 0 unspecified atom stereocenters. The zero-order valence-electron chi connectivity index (χ0n) is 6.21. The molecule has 0 aromatic carbocycles. The van der Waals surface area contributed by atoms with E-state index >= 15 is 0 Å². The number of anilines is 1. The maximum Gasteiger partial charge on any atom is 0.320 e. The molecule has 1 aromatic rings. The number of carbonyl (C=O) groups is 1. The van der Waals surface area contributed by atoms with E-state index in [-0.39, 0.29) is 6.54 Å². The Balaban J connectivity index is 2.27. The van der Waals surface area contributed by atoms with Crippen LogP contribution in [-0.4, -0.2) is 24.2 Å². The molecule has 0 bridgehead atoms. The van der Waals surface area contributed by atoms with Crippen LogP contribution in [0.5, 0.6) is 0 Å². The fourth-order valence-corrected chi connectivity index (χ4v) is 0.596. The summed E-state index contributed by atoms with van der Waals surface area (Å²) in [5.74, 6) is 0.298. The van der Waals surface area contributed by atoms with Crippen molar-refractivity contribution in [1.82, 2.24) is 10.3 Å². The van der Waals surface area contributed by atoms with Crippen LogP contribution in [0.15, 0.2) is 17.1 Å². The average molecular weight is 173 g/mol. The van der Waals surface area contributed by atoms with Crippen LogP contribution < -0.4 is 10.6 Å². The summed E-state index contributed by atoms with van der Waals surface area (Å²) in [6.07, 6.45) is 2.46. The standard InChI is InChI=1S/C6H8FN3O2/c7-1-2-8-6(11)10-5-3-12-4-9-5/h3-4H,1-2H2,(H2,8,10,11). The van der Waals surface area contributed by atoms with Crippen molar-refractivity contribution < 1.29 is 13.6 Å². The predicted octanol–water partition coefficient (Wildman–Crippen LogP) is 0.766. The zero-order valence-corrected chi connectivity index (χ0v) is 6.21. The van der Waals surface area contributed by atoms with Crippen LogP contribution in [0.3, 0.4) is 0 Å². The summed E-state index contributed by atoms with van der Waals surface area (Å²) in [7, 11) is 0. The predicted molar refractivity (Wildman–Crippen MR) is 39.5 cm³/mol. The highest BCUT2D eigenvalue weighted by atomic mass is 19.1. The Kier molecular flexibility index (Phi) is 3.06. The summed E-state index contributed by atoms with van der Waals surface area (Å²) >= 11 is 0. The topological polar surface area (TPSA) is 67.2 Å². The number of aromatic nitrogens is 1. The number of nitrogens with zero attached hydrogens (tertiary/aromatic N) is 1. The van der Waals surface area contributed by atoms with E-state index in [1.54, 1.807) is 0 Å². The van der Waals surface area contributed by atoms with Crippen LogP contribution in [0.25, 0.3) is 0 Å². The van der Waals surface area contributed by atoms with Crippen molar-refractivity contribution in [2.75, 3.05) is 18.5 Å². The van der Waals surface area contributed by atoms with Gasteiger partial charge in [-0.05, 0) is 0 Å². The smallest absolute Gasteiger partial charge is 0.320 e. The number of oxazole rings is 1. The normalized spacial score (nSPS) is 9.42. The first kappa shape index (κ1) is 8.51. The SMILES string of the molecule is O=C(NCCF)Nc1cocn1. The molecular formula is C6H8FN3O2. The lowest BCUT2D eigenvalue weighted by Gasteiger charge is -2.00. The van der Waals surface area contributed by atoms with Crippen LogP contribution in [-0.2, 0) is 0 Å². The summed E-state index contributed by atoms with van der Waals surface area (Å²) in [5.41, 5.74) is 0. The lowest BCUT2D eigenvalue weighted by Crippen LogP contribution is -2.30. The number of rotatable bonds is 3. The van der Waals surface area contributed by atoms with Crippen molar-refractivity contribution in [3.8, 4) is 0 Å². The van der Waals surface area contributed by atoms with Gasteiger partial charge in [-0.25, -0.2) is 9.18 Å². The van der Waals surface area contributed by atoms with E-state index in [0.29, 0.717) is 5.82 Å². The molecule has 0 atom stereocenters. The minimum atomic E-state index is -0.591. The minimum Gasteiger partial charge on any atom is -0.449 e. The molecule has 0 saturated heterocycles. The highest BCUT2D eigenvalue weighted by molar-refractivity contribution is 5.87. The Hall–Kier alpha value is -1.59. The van der Waals surface area contributed by atoms with Crippen molar-refractivity contribution >= 4 is 11.8 Å². The average Bonchev–Trinajstić information content (AvgIpc) is 2.53. The van der Waals surface area contributed by atoms with E-state index in [1.807, 2.05) is 0 Å². The summed E-state index contributed by atoms with van der Waals surface area (Å²) in [5, 5.41) is 4.60. The Labute approximate surface area is 68.0 Å². The molecule has 2 amide bonds.